The number of rotatable bonds is 7. The fourth-order valence-corrected chi connectivity index (χ4v) is 6.73. The molecule has 2 unspecified atom stereocenters. The van der Waals surface area contributed by atoms with E-state index in [0.717, 1.165) is 53.1 Å². The molecule has 0 spiro atoms. The van der Waals surface area contributed by atoms with E-state index in [1.807, 2.05) is 43.0 Å². The Labute approximate surface area is 239 Å². The van der Waals surface area contributed by atoms with E-state index in [1.165, 1.54) is 4.90 Å². The van der Waals surface area contributed by atoms with Crippen molar-refractivity contribution in [3.05, 3.63) is 59.3 Å². The smallest absolute Gasteiger partial charge is 0.328 e. The topological polar surface area (TPSA) is 109 Å². The number of hydrogen-bond acceptors (Lipinski definition) is 6. The van der Waals surface area contributed by atoms with Crippen molar-refractivity contribution in [3.63, 3.8) is 0 Å². The monoisotopic (exact) mass is 559 g/mol. The Kier molecular flexibility index (Phi) is 6.89. The predicted octanol–water partition coefficient (Wildman–Crippen LogP) is 3.49. The number of carbonyl (C=O) groups is 3. The average molecular weight is 560 g/mol. The third-order valence-electron chi connectivity index (χ3n) is 8.81. The molecule has 3 aliphatic rings. The van der Waals surface area contributed by atoms with Crippen LogP contribution in [0.15, 0.2) is 42.5 Å². The van der Waals surface area contributed by atoms with Crippen LogP contribution in [-0.2, 0) is 16.0 Å². The molecule has 4 heterocycles. The first-order chi connectivity index (χ1) is 19.7. The highest BCUT2D eigenvalue weighted by Crippen LogP contribution is 2.49. The van der Waals surface area contributed by atoms with Gasteiger partial charge in [0.1, 0.15) is 23.1 Å². The van der Waals surface area contributed by atoms with E-state index in [4.69, 9.17) is 4.74 Å². The van der Waals surface area contributed by atoms with Crippen LogP contribution in [0.1, 0.15) is 50.1 Å². The zero-order valence-electron chi connectivity index (χ0n) is 23.9. The highest BCUT2D eigenvalue weighted by molar-refractivity contribution is 6.08. The van der Waals surface area contributed by atoms with Crippen LogP contribution in [0.3, 0.4) is 0 Å². The van der Waals surface area contributed by atoms with Crippen molar-refractivity contribution in [3.8, 4) is 11.5 Å². The molecule has 2 aromatic carbocycles. The molecule has 2 atom stereocenters. The summed E-state index contributed by atoms with van der Waals surface area (Å²) in [5.74, 6) is 0.750. The maximum absolute atomic E-state index is 14.1. The number of nitrogens with zero attached hydrogens (tertiary/aromatic N) is 4. The van der Waals surface area contributed by atoms with Gasteiger partial charge in [-0.2, -0.15) is 0 Å². The molecule has 2 fully saturated rings. The van der Waals surface area contributed by atoms with Gasteiger partial charge in [-0.05, 0) is 68.3 Å². The maximum atomic E-state index is 14.1. The number of H-pyrrole nitrogens is 1. The standard InChI is InChI=1S/C31H37N5O5/c1-4-41-23-9-10-26-24(18-23)25-19-31(3)29(39)35(12-6-11-33-13-15-34(16-14-33)20(2)37)30(40)36(31)28(27(25)32-26)21-7-5-8-22(38)17-21/h5,7-10,17-18,28,32,38H,4,6,11-16,19H2,1-3H3. The maximum Gasteiger partial charge on any atom is 0.328 e. The molecule has 10 nitrogen and oxygen atoms in total. The first-order valence-corrected chi connectivity index (χ1v) is 14.4. The van der Waals surface area contributed by atoms with Crippen LogP contribution in [0, 0.1) is 0 Å². The van der Waals surface area contributed by atoms with E-state index in [-0.39, 0.29) is 23.6 Å². The molecular formula is C31H37N5O5. The molecule has 2 saturated heterocycles. The lowest BCUT2D eigenvalue weighted by Gasteiger charge is -2.42. The summed E-state index contributed by atoms with van der Waals surface area (Å²) in [5.41, 5.74) is 2.41. The Morgan fingerprint density at radius 3 is 2.59 bits per heavy atom. The van der Waals surface area contributed by atoms with Gasteiger partial charge in [0.2, 0.25) is 5.91 Å². The summed E-state index contributed by atoms with van der Waals surface area (Å²) in [6, 6.07) is 11.9. The van der Waals surface area contributed by atoms with Gasteiger partial charge in [0, 0.05) is 62.7 Å². The van der Waals surface area contributed by atoms with Crippen molar-refractivity contribution < 1.29 is 24.2 Å². The van der Waals surface area contributed by atoms with Crippen molar-refractivity contribution >= 4 is 28.7 Å². The Hall–Kier alpha value is -4.05. The molecule has 4 amide bonds. The van der Waals surface area contributed by atoms with Crippen LogP contribution < -0.4 is 4.74 Å². The number of hydrogen-bond donors (Lipinski definition) is 2. The fourth-order valence-electron chi connectivity index (χ4n) is 6.73. The minimum Gasteiger partial charge on any atom is -0.508 e. The molecule has 41 heavy (non-hydrogen) atoms. The van der Waals surface area contributed by atoms with Crippen LogP contribution in [0.25, 0.3) is 10.9 Å². The van der Waals surface area contributed by atoms with E-state index >= 15 is 0 Å². The van der Waals surface area contributed by atoms with Gasteiger partial charge in [0.15, 0.2) is 0 Å². The summed E-state index contributed by atoms with van der Waals surface area (Å²) in [5, 5.41) is 11.3. The second-order valence-electron chi connectivity index (χ2n) is 11.4. The normalized spacial score (nSPS) is 22.8. The van der Waals surface area contributed by atoms with Crippen LogP contribution in [-0.4, -0.2) is 98.9 Å². The van der Waals surface area contributed by atoms with Crippen LogP contribution in [0.5, 0.6) is 11.5 Å². The predicted molar refractivity (Wildman–Crippen MR) is 154 cm³/mol. The summed E-state index contributed by atoms with van der Waals surface area (Å²) < 4.78 is 5.77. The minimum atomic E-state index is -1.08. The van der Waals surface area contributed by atoms with Crippen molar-refractivity contribution in [1.82, 2.24) is 24.6 Å². The molecule has 0 aliphatic carbocycles. The van der Waals surface area contributed by atoms with Gasteiger partial charge >= 0.3 is 6.03 Å². The van der Waals surface area contributed by atoms with Crippen molar-refractivity contribution in [2.45, 2.75) is 45.2 Å². The number of benzene rings is 2. The van der Waals surface area contributed by atoms with Gasteiger partial charge in [-0.1, -0.05) is 12.1 Å². The van der Waals surface area contributed by atoms with E-state index < -0.39 is 11.6 Å². The van der Waals surface area contributed by atoms with Gasteiger partial charge in [-0.25, -0.2) is 4.79 Å². The zero-order chi connectivity index (χ0) is 28.9. The molecule has 0 radical (unpaired) electrons. The third-order valence-corrected chi connectivity index (χ3v) is 8.81. The number of imide groups is 1. The van der Waals surface area contributed by atoms with Gasteiger partial charge in [-0.3, -0.25) is 24.3 Å². The van der Waals surface area contributed by atoms with E-state index in [9.17, 15) is 19.5 Å². The Bertz CT molecular complexity index is 1510. The van der Waals surface area contributed by atoms with Gasteiger partial charge in [0.05, 0.1) is 6.61 Å². The van der Waals surface area contributed by atoms with E-state index in [1.54, 1.807) is 30.0 Å². The first kappa shape index (κ1) is 27.1. The largest absolute Gasteiger partial charge is 0.508 e. The second kappa shape index (κ2) is 10.4. The zero-order valence-corrected chi connectivity index (χ0v) is 23.9. The summed E-state index contributed by atoms with van der Waals surface area (Å²) in [6.07, 6.45) is 1.03. The number of urea groups is 1. The molecule has 6 rings (SSSR count). The molecule has 3 aliphatic heterocycles. The quantitative estimate of drug-likeness (QED) is 0.429. The summed E-state index contributed by atoms with van der Waals surface area (Å²) in [7, 11) is 0. The van der Waals surface area contributed by atoms with Crippen molar-refractivity contribution in [2.75, 3.05) is 45.9 Å². The SMILES string of the molecule is CCOc1ccc2[nH]c3c(c2c1)CC1(C)C(=O)N(CCCN2CCN(C(C)=O)CC2)C(=O)N1C3c1cccc(O)c1. The number of piperazine rings is 1. The molecule has 216 valence electrons. The first-order valence-electron chi connectivity index (χ1n) is 14.4. The van der Waals surface area contributed by atoms with Crippen LogP contribution >= 0.6 is 0 Å². The lowest BCUT2D eigenvalue weighted by molar-refractivity contribution is -0.133. The van der Waals surface area contributed by atoms with Crippen molar-refractivity contribution in [2.24, 2.45) is 0 Å². The second-order valence-corrected chi connectivity index (χ2v) is 11.4. The lowest BCUT2D eigenvalue weighted by atomic mass is 9.81. The molecule has 0 bridgehead atoms. The number of amides is 4. The number of carbonyl (C=O) groups excluding carboxylic acids is 3. The number of aromatic nitrogens is 1. The molecule has 10 heteroatoms. The third kappa shape index (κ3) is 4.60. The highest BCUT2D eigenvalue weighted by atomic mass is 16.5. The number of ether oxygens (including phenoxy) is 1. The number of phenols is 1. The molecule has 0 saturated carbocycles. The Morgan fingerprint density at radius 1 is 1.10 bits per heavy atom. The number of aromatic amines is 1. The Balaban J connectivity index is 1.31. The average Bonchev–Trinajstić information content (AvgIpc) is 3.39. The Morgan fingerprint density at radius 2 is 1.88 bits per heavy atom. The van der Waals surface area contributed by atoms with Crippen molar-refractivity contribution in [1.29, 1.82) is 0 Å². The minimum absolute atomic E-state index is 0.0934. The summed E-state index contributed by atoms with van der Waals surface area (Å²) >= 11 is 0. The van der Waals surface area contributed by atoms with Crippen LogP contribution in [0.2, 0.25) is 0 Å². The lowest BCUT2D eigenvalue weighted by Crippen LogP contribution is -2.53. The summed E-state index contributed by atoms with van der Waals surface area (Å²) in [6.45, 7) is 9.99. The fraction of sp³-hybridized carbons (Fsp3) is 0.452. The number of phenolic OH excluding ortho intramolecular Hbond substituents is 1. The van der Waals surface area contributed by atoms with Gasteiger partial charge in [-0.15, -0.1) is 0 Å². The molecule has 1 aromatic heterocycles. The van der Waals surface area contributed by atoms with Gasteiger partial charge < -0.3 is 19.7 Å². The van der Waals surface area contributed by atoms with Crippen LogP contribution in [0.4, 0.5) is 4.79 Å². The molecule has 3 aromatic rings. The van der Waals surface area contributed by atoms with E-state index in [0.29, 0.717) is 39.1 Å². The number of fused-ring (bicyclic) bond motifs is 4. The number of nitrogens with one attached hydrogen (secondary N) is 1. The summed E-state index contributed by atoms with van der Waals surface area (Å²) in [4.78, 5) is 50.6. The highest BCUT2D eigenvalue weighted by Gasteiger charge is 2.60. The van der Waals surface area contributed by atoms with E-state index in [2.05, 4.69) is 9.88 Å². The van der Waals surface area contributed by atoms with Gasteiger partial charge in [0.25, 0.3) is 5.91 Å². The molecule has 2 N–H and O–H groups in total. The molecular weight excluding hydrogens is 522 g/mol. The number of aromatic hydroxyl groups is 1.